The number of benzene rings is 2. The maximum Gasteiger partial charge on any atom is 0.251 e. The summed E-state index contributed by atoms with van der Waals surface area (Å²) in [4.78, 5) is 24.5. The van der Waals surface area contributed by atoms with E-state index in [9.17, 15) is 18.4 Å². The van der Waals surface area contributed by atoms with E-state index in [0.29, 0.717) is 29.2 Å². The van der Waals surface area contributed by atoms with Crippen LogP contribution in [0.5, 0.6) is 0 Å². The van der Waals surface area contributed by atoms with Crippen molar-refractivity contribution in [2.75, 3.05) is 11.1 Å². The molecule has 1 heterocycles. The zero-order valence-corrected chi connectivity index (χ0v) is 17.7. The topological polar surface area (TPSA) is 88.9 Å². The average molecular weight is 445 g/mol. The lowest BCUT2D eigenvalue weighted by Gasteiger charge is -2.15. The maximum atomic E-state index is 13.7. The third kappa shape index (κ3) is 5.66. The van der Waals surface area contributed by atoms with Crippen molar-refractivity contribution in [2.45, 2.75) is 31.6 Å². The zero-order chi connectivity index (χ0) is 22.4. The van der Waals surface area contributed by atoms with E-state index in [2.05, 4.69) is 20.8 Å². The summed E-state index contributed by atoms with van der Waals surface area (Å²) in [5, 5.41) is 14.1. The molecule has 0 saturated carbocycles. The van der Waals surface area contributed by atoms with Crippen LogP contribution in [0.3, 0.4) is 0 Å². The van der Waals surface area contributed by atoms with Crippen LogP contribution in [0.4, 0.5) is 14.5 Å². The Morgan fingerprint density at radius 3 is 2.55 bits per heavy atom. The first kappa shape index (κ1) is 22.4. The van der Waals surface area contributed by atoms with Gasteiger partial charge in [0.05, 0.1) is 17.5 Å². The van der Waals surface area contributed by atoms with Crippen molar-refractivity contribution < 1.29 is 18.4 Å². The molecule has 2 aromatic carbocycles. The Morgan fingerprint density at radius 2 is 1.87 bits per heavy atom. The van der Waals surface area contributed by atoms with Gasteiger partial charge in [0, 0.05) is 18.2 Å². The van der Waals surface area contributed by atoms with Crippen LogP contribution in [0.1, 0.15) is 36.1 Å². The summed E-state index contributed by atoms with van der Waals surface area (Å²) >= 11 is 1.13. The third-order valence-corrected chi connectivity index (χ3v) is 5.34. The van der Waals surface area contributed by atoms with Crippen molar-refractivity contribution >= 4 is 29.3 Å². The molecule has 3 rings (SSSR count). The van der Waals surface area contributed by atoms with Gasteiger partial charge in [-0.25, -0.2) is 8.78 Å². The maximum absolute atomic E-state index is 13.7. The standard InChI is InChI=1S/C21H21F2N5O2S/c1-3-28-19(13(2)24-20(30)14-7-5-4-6-8-14)26-27-21(28)31-12-18(29)25-17-10-9-15(22)11-16(17)23/h4-11,13H,3,12H2,1-2H3,(H,24,30)(H,25,29). The van der Waals surface area contributed by atoms with Crippen molar-refractivity contribution in [3.05, 3.63) is 71.6 Å². The highest BCUT2D eigenvalue weighted by Crippen LogP contribution is 2.22. The average Bonchev–Trinajstić information content (AvgIpc) is 3.18. The summed E-state index contributed by atoms with van der Waals surface area (Å²) in [6, 6.07) is 11.4. The first-order valence-corrected chi connectivity index (χ1v) is 10.5. The number of anilines is 1. The van der Waals surface area contributed by atoms with Gasteiger partial charge in [-0.05, 0) is 38.1 Å². The summed E-state index contributed by atoms with van der Waals surface area (Å²) in [6.45, 7) is 4.23. The number of carbonyl (C=O) groups excluding carboxylic acids is 2. The van der Waals surface area contributed by atoms with Crippen molar-refractivity contribution in [1.82, 2.24) is 20.1 Å². The predicted molar refractivity (Wildman–Crippen MR) is 114 cm³/mol. The minimum Gasteiger partial charge on any atom is -0.342 e. The number of halogens is 2. The molecule has 1 unspecified atom stereocenters. The van der Waals surface area contributed by atoms with Crippen molar-refractivity contribution in [3.8, 4) is 0 Å². The normalized spacial score (nSPS) is 11.7. The molecule has 0 radical (unpaired) electrons. The number of nitrogens with one attached hydrogen (secondary N) is 2. The summed E-state index contributed by atoms with van der Waals surface area (Å²) in [6.07, 6.45) is 0. The van der Waals surface area contributed by atoms with E-state index in [4.69, 9.17) is 0 Å². The van der Waals surface area contributed by atoms with Gasteiger partial charge < -0.3 is 15.2 Å². The molecule has 0 spiro atoms. The number of nitrogens with zero attached hydrogens (tertiary/aromatic N) is 3. The van der Waals surface area contributed by atoms with E-state index in [1.165, 1.54) is 0 Å². The van der Waals surface area contributed by atoms with Gasteiger partial charge in [-0.3, -0.25) is 9.59 Å². The highest BCUT2D eigenvalue weighted by molar-refractivity contribution is 7.99. The predicted octanol–water partition coefficient (Wildman–Crippen LogP) is 3.80. The van der Waals surface area contributed by atoms with Crippen LogP contribution in [0.15, 0.2) is 53.7 Å². The Bertz CT molecular complexity index is 1070. The van der Waals surface area contributed by atoms with Gasteiger partial charge in [0.2, 0.25) is 5.91 Å². The summed E-state index contributed by atoms with van der Waals surface area (Å²) in [7, 11) is 0. The molecular weight excluding hydrogens is 424 g/mol. The molecule has 0 bridgehead atoms. The highest BCUT2D eigenvalue weighted by Gasteiger charge is 2.20. The van der Waals surface area contributed by atoms with Gasteiger partial charge in [0.25, 0.3) is 5.91 Å². The van der Waals surface area contributed by atoms with E-state index in [1.54, 1.807) is 35.8 Å². The molecule has 2 amide bonds. The Morgan fingerprint density at radius 1 is 1.13 bits per heavy atom. The number of amides is 2. The molecule has 0 aliphatic carbocycles. The Balaban J connectivity index is 1.62. The van der Waals surface area contributed by atoms with Gasteiger partial charge in [0.15, 0.2) is 11.0 Å². The van der Waals surface area contributed by atoms with Gasteiger partial charge in [-0.2, -0.15) is 0 Å². The fourth-order valence-electron chi connectivity index (χ4n) is 2.87. The minimum atomic E-state index is -0.847. The molecule has 0 saturated heterocycles. The van der Waals surface area contributed by atoms with Crippen molar-refractivity contribution in [1.29, 1.82) is 0 Å². The summed E-state index contributed by atoms with van der Waals surface area (Å²) < 4.78 is 28.5. The largest absolute Gasteiger partial charge is 0.342 e. The molecule has 2 N–H and O–H groups in total. The highest BCUT2D eigenvalue weighted by atomic mass is 32.2. The zero-order valence-electron chi connectivity index (χ0n) is 16.9. The van der Waals surface area contributed by atoms with Crippen molar-refractivity contribution in [2.24, 2.45) is 0 Å². The van der Waals surface area contributed by atoms with Gasteiger partial charge in [-0.15, -0.1) is 10.2 Å². The first-order chi connectivity index (χ1) is 14.9. The molecular formula is C21H21F2N5O2S. The quantitative estimate of drug-likeness (QED) is 0.515. The fourth-order valence-corrected chi connectivity index (χ4v) is 3.68. The number of hydrogen-bond acceptors (Lipinski definition) is 5. The van der Waals surface area contributed by atoms with E-state index in [-0.39, 0.29) is 17.3 Å². The number of hydrogen-bond donors (Lipinski definition) is 2. The SMILES string of the molecule is CCn1c(SCC(=O)Nc2ccc(F)cc2F)nnc1C(C)NC(=O)c1ccccc1. The Kier molecular flexibility index (Phi) is 7.35. The fraction of sp³-hybridized carbons (Fsp3) is 0.238. The van der Waals surface area contributed by atoms with Crippen LogP contribution < -0.4 is 10.6 Å². The second-order valence-electron chi connectivity index (χ2n) is 6.61. The smallest absolute Gasteiger partial charge is 0.251 e. The van der Waals surface area contributed by atoms with Crippen LogP contribution in [-0.2, 0) is 11.3 Å². The Labute approximate surface area is 182 Å². The molecule has 162 valence electrons. The van der Waals surface area contributed by atoms with Crippen LogP contribution in [0, 0.1) is 11.6 Å². The van der Waals surface area contributed by atoms with Gasteiger partial charge >= 0.3 is 0 Å². The number of thioether (sulfide) groups is 1. The van der Waals surface area contributed by atoms with E-state index >= 15 is 0 Å². The second-order valence-corrected chi connectivity index (χ2v) is 7.55. The number of rotatable bonds is 8. The Hall–Kier alpha value is -3.27. The first-order valence-electron chi connectivity index (χ1n) is 9.55. The van der Waals surface area contributed by atoms with Crippen LogP contribution in [0.25, 0.3) is 0 Å². The summed E-state index contributed by atoms with van der Waals surface area (Å²) in [5.74, 6) is -1.75. The third-order valence-electron chi connectivity index (χ3n) is 4.37. The van der Waals surface area contributed by atoms with E-state index in [0.717, 1.165) is 23.9 Å². The number of carbonyl (C=O) groups is 2. The lowest BCUT2D eigenvalue weighted by Crippen LogP contribution is -2.28. The summed E-state index contributed by atoms with van der Waals surface area (Å²) in [5.41, 5.74) is 0.443. The molecule has 1 atom stereocenters. The van der Waals surface area contributed by atoms with Crippen LogP contribution in [-0.4, -0.2) is 32.3 Å². The molecule has 31 heavy (non-hydrogen) atoms. The lowest BCUT2D eigenvalue weighted by molar-refractivity contribution is -0.113. The van der Waals surface area contributed by atoms with Crippen LogP contribution in [0.2, 0.25) is 0 Å². The molecule has 7 nitrogen and oxygen atoms in total. The molecule has 3 aromatic rings. The van der Waals surface area contributed by atoms with Gasteiger partial charge in [0.1, 0.15) is 11.6 Å². The second kappa shape index (κ2) is 10.2. The molecule has 10 heteroatoms. The molecule has 0 fully saturated rings. The number of aromatic nitrogens is 3. The van der Waals surface area contributed by atoms with E-state index in [1.807, 2.05) is 13.0 Å². The lowest BCUT2D eigenvalue weighted by atomic mass is 10.2. The minimum absolute atomic E-state index is 0.0420. The molecule has 1 aromatic heterocycles. The monoisotopic (exact) mass is 445 g/mol. The van der Waals surface area contributed by atoms with Gasteiger partial charge in [-0.1, -0.05) is 30.0 Å². The molecule has 0 aliphatic rings. The van der Waals surface area contributed by atoms with Crippen molar-refractivity contribution in [3.63, 3.8) is 0 Å². The van der Waals surface area contributed by atoms with Crippen LogP contribution >= 0.6 is 11.8 Å². The van der Waals surface area contributed by atoms with E-state index < -0.39 is 23.6 Å². The molecule has 0 aliphatic heterocycles.